The van der Waals surface area contributed by atoms with E-state index in [9.17, 15) is 0 Å². The minimum absolute atomic E-state index is 1.12. The molecule has 0 aliphatic heterocycles. The number of hydrogen-bond donors (Lipinski definition) is 0. The molecule has 1 nitrogen and oxygen atoms in total. The Morgan fingerprint density at radius 1 is 0.793 bits per heavy atom. The number of nitrogens with zero attached hydrogens (tertiary/aromatic N) is 1. The summed E-state index contributed by atoms with van der Waals surface area (Å²) < 4.78 is 1.30. The standard InChI is InChI=1S/C26H35NS2/c1-3-4-5-6-7-8-9-10-11-12-19-28-23-17-18-24-25(20-23)29-26(27-24)22-15-13-21(2)14-16-22/h13-18,20H,3-12,19H2,1-2H3. The fraction of sp³-hybridized carbons (Fsp3) is 0.500. The SMILES string of the molecule is CCCCCCCCCCCCSc1ccc2nc(-c3ccc(C)cc3)sc2c1. The number of rotatable bonds is 13. The number of fused-ring (bicyclic) bond motifs is 1. The number of aryl methyl sites for hydroxylation is 1. The lowest BCUT2D eigenvalue weighted by molar-refractivity contribution is 0.563. The summed E-state index contributed by atoms with van der Waals surface area (Å²) in [5, 5.41) is 1.12. The Balaban J connectivity index is 1.37. The van der Waals surface area contributed by atoms with Gasteiger partial charge in [0.05, 0.1) is 10.2 Å². The van der Waals surface area contributed by atoms with Crippen LogP contribution in [0, 0.1) is 6.92 Å². The van der Waals surface area contributed by atoms with Crippen molar-refractivity contribution in [2.45, 2.75) is 83.0 Å². The van der Waals surface area contributed by atoms with Gasteiger partial charge in [-0.3, -0.25) is 0 Å². The first kappa shape index (κ1) is 22.4. The Hall–Kier alpha value is -1.32. The van der Waals surface area contributed by atoms with E-state index in [1.165, 1.54) is 90.7 Å². The summed E-state index contributed by atoms with van der Waals surface area (Å²) in [6, 6.07) is 15.4. The van der Waals surface area contributed by atoms with Crippen LogP contribution in [0.1, 0.15) is 76.7 Å². The predicted molar refractivity (Wildman–Crippen MR) is 132 cm³/mol. The van der Waals surface area contributed by atoms with Crippen molar-refractivity contribution in [1.29, 1.82) is 0 Å². The molecule has 0 saturated carbocycles. The summed E-state index contributed by atoms with van der Waals surface area (Å²) in [7, 11) is 0. The van der Waals surface area contributed by atoms with Gasteiger partial charge in [0, 0.05) is 10.5 Å². The molecule has 0 N–H and O–H groups in total. The lowest BCUT2D eigenvalue weighted by Gasteiger charge is -2.03. The van der Waals surface area contributed by atoms with Crippen molar-refractivity contribution >= 4 is 33.3 Å². The fourth-order valence-electron chi connectivity index (χ4n) is 3.59. The van der Waals surface area contributed by atoms with Crippen LogP contribution in [-0.2, 0) is 0 Å². The Bertz CT molecular complexity index is 851. The Morgan fingerprint density at radius 3 is 2.14 bits per heavy atom. The molecular formula is C26H35NS2. The predicted octanol–water partition coefficient (Wildman–Crippen LogP) is 9.28. The minimum Gasteiger partial charge on any atom is -0.236 e. The maximum absolute atomic E-state index is 4.82. The van der Waals surface area contributed by atoms with Crippen LogP contribution >= 0.6 is 23.1 Å². The van der Waals surface area contributed by atoms with Gasteiger partial charge in [0.25, 0.3) is 0 Å². The maximum atomic E-state index is 4.82. The van der Waals surface area contributed by atoms with E-state index in [0.717, 1.165) is 10.5 Å². The molecule has 0 saturated heterocycles. The highest BCUT2D eigenvalue weighted by atomic mass is 32.2. The van der Waals surface area contributed by atoms with Crippen LogP contribution in [0.3, 0.4) is 0 Å². The van der Waals surface area contributed by atoms with Gasteiger partial charge in [-0.25, -0.2) is 4.98 Å². The van der Waals surface area contributed by atoms with Gasteiger partial charge in [0.15, 0.2) is 0 Å². The highest BCUT2D eigenvalue weighted by molar-refractivity contribution is 7.99. The second-order valence-corrected chi connectivity index (χ2v) is 10.2. The van der Waals surface area contributed by atoms with E-state index >= 15 is 0 Å². The zero-order valence-corrected chi connectivity index (χ0v) is 19.7. The maximum Gasteiger partial charge on any atom is 0.124 e. The summed E-state index contributed by atoms with van der Waals surface area (Å²) in [5.41, 5.74) is 3.63. The number of aromatic nitrogens is 1. The summed E-state index contributed by atoms with van der Waals surface area (Å²) in [5.74, 6) is 1.23. The van der Waals surface area contributed by atoms with Crippen LogP contribution in [0.25, 0.3) is 20.8 Å². The van der Waals surface area contributed by atoms with Crippen LogP contribution in [0.15, 0.2) is 47.4 Å². The van der Waals surface area contributed by atoms with Crippen molar-refractivity contribution in [1.82, 2.24) is 4.98 Å². The number of thioether (sulfide) groups is 1. The van der Waals surface area contributed by atoms with Gasteiger partial charge in [-0.15, -0.1) is 23.1 Å². The molecule has 3 rings (SSSR count). The van der Waals surface area contributed by atoms with Gasteiger partial charge in [-0.2, -0.15) is 0 Å². The molecule has 0 aliphatic carbocycles. The third kappa shape index (κ3) is 7.46. The molecule has 0 radical (unpaired) electrons. The van der Waals surface area contributed by atoms with E-state index in [0.29, 0.717) is 0 Å². The molecule has 1 heterocycles. The van der Waals surface area contributed by atoms with E-state index in [2.05, 4.69) is 56.3 Å². The molecule has 3 heteroatoms. The first-order chi connectivity index (χ1) is 14.3. The molecule has 29 heavy (non-hydrogen) atoms. The highest BCUT2D eigenvalue weighted by Gasteiger charge is 2.07. The summed E-state index contributed by atoms with van der Waals surface area (Å²) in [4.78, 5) is 6.21. The van der Waals surface area contributed by atoms with Gasteiger partial charge >= 0.3 is 0 Å². The van der Waals surface area contributed by atoms with Crippen LogP contribution in [0.4, 0.5) is 0 Å². The van der Waals surface area contributed by atoms with E-state index < -0.39 is 0 Å². The Labute approximate surface area is 185 Å². The second kappa shape index (κ2) is 12.4. The van der Waals surface area contributed by atoms with Crippen molar-refractivity contribution in [3.05, 3.63) is 48.0 Å². The lowest BCUT2D eigenvalue weighted by atomic mass is 10.1. The van der Waals surface area contributed by atoms with Crippen molar-refractivity contribution in [3.8, 4) is 10.6 Å². The van der Waals surface area contributed by atoms with Crippen molar-refractivity contribution in [2.75, 3.05) is 5.75 Å². The van der Waals surface area contributed by atoms with Crippen LogP contribution in [0.5, 0.6) is 0 Å². The second-order valence-electron chi connectivity index (χ2n) is 8.05. The van der Waals surface area contributed by atoms with E-state index in [1.807, 2.05) is 11.8 Å². The van der Waals surface area contributed by atoms with Crippen molar-refractivity contribution < 1.29 is 0 Å². The van der Waals surface area contributed by atoms with Gasteiger partial charge in [-0.1, -0.05) is 94.5 Å². The van der Waals surface area contributed by atoms with Gasteiger partial charge in [-0.05, 0) is 37.3 Å². The van der Waals surface area contributed by atoms with Gasteiger partial charge < -0.3 is 0 Å². The zero-order chi connectivity index (χ0) is 20.3. The third-order valence-electron chi connectivity index (χ3n) is 5.43. The van der Waals surface area contributed by atoms with Gasteiger partial charge in [0.1, 0.15) is 5.01 Å². The quantitative estimate of drug-likeness (QED) is 0.200. The molecule has 0 atom stereocenters. The first-order valence-corrected chi connectivity index (χ1v) is 13.2. The summed E-state index contributed by atoms with van der Waals surface area (Å²) >= 11 is 3.80. The molecule has 0 bridgehead atoms. The average molecular weight is 426 g/mol. The third-order valence-corrected chi connectivity index (χ3v) is 7.57. The highest BCUT2D eigenvalue weighted by Crippen LogP contribution is 2.33. The topological polar surface area (TPSA) is 12.9 Å². The molecule has 1 aromatic heterocycles. The van der Waals surface area contributed by atoms with Crippen LogP contribution < -0.4 is 0 Å². The molecule has 0 fully saturated rings. The van der Waals surface area contributed by atoms with Crippen molar-refractivity contribution in [2.24, 2.45) is 0 Å². The van der Waals surface area contributed by atoms with E-state index in [-0.39, 0.29) is 0 Å². The summed E-state index contributed by atoms with van der Waals surface area (Å²) in [6.45, 7) is 4.41. The van der Waals surface area contributed by atoms with E-state index in [1.54, 1.807) is 11.3 Å². The largest absolute Gasteiger partial charge is 0.236 e. The summed E-state index contributed by atoms with van der Waals surface area (Å²) in [6.07, 6.45) is 14.0. The zero-order valence-electron chi connectivity index (χ0n) is 18.1. The molecule has 3 aromatic rings. The Morgan fingerprint density at radius 2 is 1.45 bits per heavy atom. The van der Waals surface area contributed by atoms with Crippen LogP contribution in [-0.4, -0.2) is 10.7 Å². The molecule has 0 amide bonds. The molecule has 0 aliphatic rings. The minimum atomic E-state index is 1.12. The van der Waals surface area contributed by atoms with E-state index in [4.69, 9.17) is 4.98 Å². The Kier molecular flexibility index (Phi) is 9.56. The smallest absolute Gasteiger partial charge is 0.124 e. The van der Waals surface area contributed by atoms with Crippen molar-refractivity contribution in [3.63, 3.8) is 0 Å². The number of hydrogen-bond acceptors (Lipinski definition) is 3. The number of unbranched alkanes of at least 4 members (excludes halogenated alkanes) is 9. The molecule has 156 valence electrons. The normalized spacial score (nSPS) is 11.4. The fourth-order valence-corrected chi connectivity index (χ4v) is 5.63. The first-order valence-electron chi connectivity index (χ1n) is 11.4. The molecular weight excluding hydrogens is 390 g/mol. The number of benzene rings is 2. The number of thiazole rings is 1. The molecule has 2 aromatic carbocycles. The average Bonchev–Trinajstić information content (AvgIpc) is 3.16. The lowest BCUT2D eigenvalue weighted by Crippen LogP contribution is -1.84. The van der Waals surface area contributed by atoms with Crippen LogP contribution in [0.2, 0.25) is 0 Å². The molecule has 0 unspecified atom stereocenters. The van der Waals surface area contributed by atoms with Gasteiger partial charge in [0.2, 0.25) is 0 Å². The molecule has 0 spiro atoms. The monoisotopic (exact) mass is 425 g/mol.